The van der Waals surface area contributed by atoms with E-state index in [2.05, 4.69) is 0 Å². The molecule has 0 aliphatic heterocycles. The van der Waals surface area contributed by atoms with Gasteiger partial charge < -0.3 is 10.2 Å². The molecule has 62 valence electrons. The van der Waals surface area contributed by atoms with Crippen molar-refractivity contribution < 1.29 is 4.42 Å². The second-order valence-corrected chi connectivity index (χ2v) is 2.60. The van der Waals surface area contributed by atoms with Crippen molar-refractivity contribution in [3.8, 4) is 6.07 Å². The molecular weight excluding hydrogens is 152 g/mol. The van der Waals surface area contributed by atoms with Crippen molar-refractivity contribution in [3.63, 3.8) is 0 Å². The van der Waals surface area contributed by atoms with Crippen LogP contribution < -0.4 is 5.73 Å². The molecule has 3 heteroatoms. The number of hydrogen-bond donors (Lipinski definition) is 1. The fraction of sp³-hybridized carbons (Fsp3) is 0.222. The Morgan fingerprint density at radius 2 is 2.33 bits per heavy atom. The summed E-state index contributed by atoms with van der Waals surface area (Å²) in [5, 5.41) is 8.55. The molecule has 12 heavy (non-hydrogen) atoms. The van der Waals surface area contributed by atoms with Gasteiger partial charge in [0, 0.05) is 5.56 Å². The van der Waals surface area contributed by atoms with E-state index >= 15 is 0 Å². The molecule has 0 aliphatic rings. The molecule has 0 atom stereocenters. The Hall–Kier alpha value is -1.69. The van der Waals surface area contributed by atoms with E-state index in [-0.39, 0.29) is 0 Å². The standard InChI is InChI=1S/C9H10N2O/c1-6(4-10)9(11)8-3-7(2)12-5-8/h3,5H,11H2,1-2H3. The lowest BCUT2D eigenvalue weighted by molar-refractivity contribution is 0.533. The van der Waals surface area contributed by atoms with Crippen molar-refractivity contribution in [1.29, 1.82) is 5.26 Å². The Morgan fingerprint density at radius 3 is 2.75 bits per heavy atom. The van der Waals surface area contributed by atoms with E-state index in [0.29, 0.717) is 11.3 Å². The number of nitrogens with two attached hydrogens (primary N) is 1. The van der Waals surface area contributed by atoms with E-state index in [1.54, 1.807) is 19.3 Å². The van der Waals surface area contributed by atoms with Gasteiger partial charge in [-0.05, 0) is 19.9 Å². The average molecular weight is 162 g/mol. The van der Waals surface area contributed by atoms with Crippen LogP contribution in [-0.4, -0.2) is 0 Å². The molecule has 0 radical (unpaired) electrons. The van der Waals surface area contributed by atoms with E-state index in [0.717, 1.165) is 11.3 Å². The molecule has 3 nitrogen and oxygen atoms in total. The van der Waals surface area contributed by atoms with Gasteiger partial charge in [0.2, 0.25) is 0 Å². The van der Waals surface area contributed by atoms with Crippen LogP contribution >= 0.6 is 0 Å². The third kappa shape index (κ3) is 1.48. The van der Waals surface area contributed by atoms with Crippen LogP contribution in [0.1, 0.15) is 18.2 Å². The normalized spacial score (nSPS) is 12.1. The topological polar surface area (TPSA) is 63.0 Å². The second kappa shape index (κ2) is 3.14. The summed E-state index contributed by atoms with van der Waals surface area (Å²) in [6.07, 6.45) is 1.55. The number of allylic oxidation sites excluding steroid dienone is 1. The maximum absolute atomic E-state index is 8.55. The summed E-state index contributed by atoms with van der Waals surface area (Å²) in [5.41, 5.74) is 7.42. The maximum atomic E-state index is 8.55. The molecular formula is C9H10N2O. The first-order chi connectivity index (χ1) is 5.65. The van der Waals surface area contributed by atoms with Gasteiger partial charge in [0.1, 0.15) is 5.76 Å². The molecule has 1 aromatic heterocycles. The van der Waals surface area contributed by atoms with Gasteiger partial charge in [-0.2, -0.15) is 5.26 Å². The molecule has 1 heterocycles. The van der Waals surface area contributed by atoms with Crippen molar-refractivity contribution in [2.24, 2.45) is 5.73 Å². The van der Waals surface area contributed by atoms with Crippen LogP contribution in [-0.2, 0) is 0 Å². The Kier molecular flexibility index (Phi) is 2.20. The zero-order valence-corrected chi connectivity index (χ0v) is 7.09. The first-order valence-electron chi connectivity index (χ1n) is 3.57. The summed E-state index contributed by atoms with van der Waals surface area (Å²) in [5.74, 6) is 0.790. The van der Waals surface area contributed by atoms with E-state index in [1.165, 1.54) is 0 Å². The molecule has 0 amide bonds. The molecule has 0 saturated heterocycles. The third-order valence-electron chi connectivity index (χ3n) is 1.61. The van der Waals surface area contributed by atoms with Crippen molar-refractivity contribution in [3.05, 3.63) is 29.2 Å². The smallest absolute Gasteiger partial charge is 0.101 e. The Balaban J connectivity index is 3.09. The number of nitriles is 1. The number of nitrogens with zero attached hydrogens (tertiary/aromatic N) is 1. The minimum absolute atomic E-state index is 0.481. The highest BCUT2D eigenvalue weighted by Crippen LogP contribution is 2.15. The van der Waals surface area contributed by atoms with Crippen molar-refractivity contribution >= 4 is 5.70 Å². The highest BCUT2D eigenvalue weighted by atomic mass is 16.3. The Labute approximate surface area is 71.1 Å². The highest BCUT2D eigenvalue weighted by molar-refractivity contribution is 5.67. The maximum Gasteiger partial charge on any atom is 0.101 e. The zero-order chi connectivity index (χ0) is 9.14. The fourth-order valence-electron chi connectivity index (χ4n) is 0.861. The molecule has 1 rings (SSSR count). The van der Waals surface area contributed by atoms with Gasteiger partial charge in [-0.3, -0.25) is 0 Å². The second-order valence-electron chi connectivity index (χ2n) is 2.60. The zero-order valence-electron chi connectivity index (χ0n) is 7.09. The lowest BCUT2D eigenvalue weighted by Gasteiger charge is -1.95. The van der Waals surface area contributed by atoms with Crippen LogP contribution in [0.15, 0.2) is 22.3 Å². The number of hydrogen-bond acceptors (Lipinski definition) is 3. The van der Waals surface area contributed by atoms with Gasteiger partial charge in [-0.15, -0.1) is 0 Å². The first-order valence-corrected chi connectivity index (χ1v) is 3.57. The predicted octanol–water partition coefficient (Wildman–Crippen LogP) is 1.80. The molecule has 0 bridgehead atoms. The summed E-state index contributed by atoms with van der Waals surface area (Å²) in [6, 6.07) is 3.79. The van der Waals surface area contributed by atoms with E-state index in [9.17, 15) is 0 Å². The molecule has 1 aromatic rings. The number of furan rings is 1. The summed E-state index contributed by atoms with van der Waals surface area (Å²) in [7, 11) is 0. The summed E-state index contributed by atoms with van der Waals surface area (Å²) < 4.78 is 5.06. The van der Waals surface area contributed by atoms with Crippen LogP contribution in [0.4, 0.5) is 0 Å². The van der Waals surface area contributed by atoms with Crippen LogP contribution in [0.2, 0.25) is 0 Å². The average Bonchev–Trinajstić information content (AvgIpc) is 2.49. The minimum Gasteiger partial charge on any atom is -0.469 e. The van der Waals surface area contributed by atoms with E-state index in [1.807, 2.05) is 13.0 Å². The molecule has 0 unspecified atom stereocenters. The summed E-state index contributed by atoms with van der Waals surface area (Å²) in [6.45, 7) is 3.51. The van der Waals surface area contributed by atoms with Crippen molar-refractivity contribution in [2.75, 3.05) is 0 Å². The largest absolute Gasteiger partial charge is 0.469 e. The first kappa shape index (κ1) is 8.41. The van der Waals surface area contributed by atoms with Crippen LogP contribution in [0.25, 0.3) is 5.70 Å². The van der Waals surface area contributed by atoms with Gasteiger partial charge in [0.25, 0.3) is 0 Å². The molecule has 2 N–H and O–H groups in total. The SMILES string of the molecule is CC(C#N)=C(N)c1coc(C)c1. The van der Waals surface area contributed by atoms with Gasteiger partial charge in [-0.1, -0.05) is 0 Å². The molecule has 0 saturated carbocycles. The summed E-state index contributed by atoms with van der Waals surface area (Å²) >= 11 is 0. The molecule has 0 spiro atoms. The van der Waals surface area contributed by atoms with Crippen molar-refractivity contribution in [2.45, 2.75) is 13.8 Å². The minimum atomic E-state index is 0.481. The summed E-state index contributed by atoms with van der Waals surface area (Å²) in [4.78, 5) is 0. The van der Waals surface area contributed by atoms with Gasteiger partial charge >= 0.3 is 0 Å². The lowest BCUT2D eigenvalue weighted by atomic mass is 10.1. The van der Waals surface area contributed by atoms with Crippen LogP contribution in [0.3, 0.4) is 0 Å². The third-order valence-corrected chi connectivity index (χ3v) is 1.61. The van der Waals surface area contributed by atoms with Gasteiger partial charge in [0.05, 0.1) is 23.6 Å². The van der Waals surface area contributed by atoms with Gasteiger partial charge in [-0.25, -0.2) is 0 Å². The molecule has 0 aromatic carbocycles. The molecule has 0 fully saturated rings. The fourth-order valence-corrected chi connectivity index (χ4v) is 0.861. The monoisotopic (exact) mass is 162 g/mol. The Bertz CT molecular complexity index is 355. The quantitative estimate of drug-likeness (QED) is 0.640. The number of rotatable bonds is 1. The van der Waals surface area contributed by atoms with E-state index < -0.39 is 0 Å². The Morgan fingerprint density at radius 1 is 1.67 bits per heavy atom. The van der Waals surface area contributed by atoms with E-state index in [4.69, 9.17) is 15.4 Å². The number of aryl methyl sites for hydroxylation is 1. The highest BCUT2D eigenvalue weighted by Gasteiger charge is 2.03. The van der Waals surface area contributed by atoms with Gasteiger partial charge in [0.15, 0.2) is 0 Å². The van der Waals surface area contributed by atoms with Crippen molar-refractivity contribution in [1.82, 2.24) is 0 Å². The van der Waals surface area contributed by atoms with Crippen LogP contribution in [0.5, 0.6) is 0 Å². The van der Waals surface area contributed by atoms with Crippen LogP contribution in [0, 0.1) is 18.3 Å². The molecule has 0 aliphatic carbocycles. The predicted molar refractivity (Wildman–Crippen MR) is 45.8 cm³/mol. The lowest BCUT2D eigenvalue weighted by Crippen LogP contribution is -1.97.